The molecule has 0 radical (unpaired) electrons. The van der Waals surface area contributed by atoms with Crippen molar-refractivity contribution in [2.45, 2.75) is 0 Å². The van der Waals surface area contributed by atoms with Gasteiger partial charge in [-0.05, 0) is 17.7 Å². The van der Waals surface area contributed by atoms with E-state index in [1.165, 1.54) is 6.21 Å². The average Bonchev–Trinajstić information content (AvgIpc) is 2.17. The number of halogens is 2. The van der Waals surface area contributed by atoms with Gasteiger partial charge < -0.3 is 4.55 Å². The maximum absolute atomic E-state index is 10.3. The third-order valence-corrected chi connectivity index (χ3v) is 3.08. The zero-order valence-corrected chi connectivity index (χ0v) is 14.5. The van der Waals surface area contributed by atoms with Crippen LogP contribution in [0.5, 0.6) is 0 Å². The number of rotatable bonds is 4. The van der Waals surface area contributed by atoms with Gasteiger partial charge in [-0.25, -0.2) is 8.42 Å². The first kappa shape index (κ1) is 18.0. The van der Waals surface area contributed by atoms with E-state index < -0.39 is 15.9 Å². The van der Waals surface area contributed by atoms with Crippen LogP contribution in [-0.2, 0) is 10.1 Å². The van der Waals surface area contributed by atoms with Crippen LogP contribution in [0.25, 0.3) is 0 Å². The van der Waals surface area contributed by atoms with Crippen molar-refractivity contribution < 1.29 is 64.4 Å². The van der Waals surface area contributed by atoms with Crippen LogP contribution in [0.15, 0.2) is 23.2 Å². The molecular weight excluding hydrogens is 312 g/mol. The maximum atomic E-state index is 10.3. The molecule has 0 aliphatic heterocycles. The van der Waals surface area contributed by atoms with Crippen LogP contribution in [0.3, 0.4) is 0 Å². The molecule has 0 unspecified atom stereocenters. The fourth-order valence-corrected chi connectivity index (χ4v) is 1.56. The van der Waals surface area contributed by atoms with Gasteiger partial charge in [-0.3, -0.25) is 4.99 Å². The summed E-state index contributed by atoms with van der Waals surface area (Å²) in [5.41, 5.74) is 0.692. The molecule has 0 amide bonds. The summed E-state index contributed by atoms with van der Waals surface area (Å²) >= 11 is 11.5. The van der Waals surface area contributed by atoms with Crippen LogP contribution in [0.2, 0.25) is 10.0 Å². The fourth-order valence-electron chi connectivity index (χ4n) is 0.927. The Kier molecular flexibility index (Phi) is 8.73. The first-order chi connectivity index (χ1) is 7.38. The molecule has 0 heterocycles. The van der Waals surface area contributed by atoms with Gasteiger partial charge in [-0.15, -0.1) is 0 Å². The van der Waals surface area contributed by atoms with Gasteiger partial charge in [0.2, 0.25) is 0 Å². The summed E-state index contributed by atoms with van der Waals surface area (Å²) in [6.07, 6.45) is 1.44. The number of hydrogen-bond acceptors (Lipinski definition) is 4. The summed E-state index contributed by atoms with van der Waals surface area (Å²) in [5.74, 6) is -0.509. The van der Waals surface area contributed by atoms with Crippen molar-refractivity contribution in [2.75, 3.05) is 12.3 Å². The topological polar surface area (TPSA) is 69.6 Å². The van der Waals surface area contributed by atoms with Gasteiger partial charge in [0.25, 0.3) is 0 Å². The molecule has 0 spiro atoms. The Morgan fingerprint density at radius 3 is 2.47 bits per heavy atom. The number of benzene rings is 1. The smallest absolute Gasteiger partial charge is 0.748 e. The Labute approximate surface area is 153 Å². The first-order valence-corrected chi connectivity index (χ1v) is 6.60. The largest absolute Gasteiger partial charge is 1.00 e. The molecule has 0 aliphatic carbocycles. The molecule has 0 fully saturated rings. The minimum Gasteiger partial charge on any atom is -0.748 e. The third-order valence-electron chi connectivity index (χ3n) is 1.65. The van der Waals surface area contributed by atoms with Crippen LogP contribution in [0, 0.1) is 0 Å². The van der Waals surface area contributed by atoms with Crippen molar-refractivity contribution >= 4 is 39.5 Å². The van der Waals surface area contributed by atoms with Gasteiger partial charge in [0.1, 0.15) is 0 Å². The van der Waals surface area contributed by atoms with Gasteiger partial charge in [-0.1, -0.05) is 29.3 Å². The summed E-state index contributed by atoms with van der Waals surface area (Å²) in [7, 11) is -4.20. The van der Waals surface area contributed by atoms with E-state index in [-0.39, 0.29) is 57.9 Å². The monoisotopic (exact) mass is 319 g/mol. The molecule has 0 bridgehead atoms. The minimum atomic E-state index is -4.20. The van der Waals surface area contributed by atoms with Crippen molar-refractivity contribution in [3.8, 4) is 0 Å². The molecule has 8 heteroatoms. The van der Waals surface area contributed by atoms with Crippen molar-refractivity contribution in [1.29, 1.82) is 0 Å². The van der Waals surface area contributed by atoms with Crippen molar-refractivity contribution in [3.05, 3.63) is 33.8 Å². The molecule has 1 aromatic carbocycles. The summed E-state index contributed by atoms with van der Waals surface area (Å²) in [5, 5.41) is 0.822. The van der Waals surface area contributed by atoms with E-state index in [9.17, 15) is 13.0 Å². The number of nitrogens with zero attached hydrogens (tertiary/aromatic N) is 1. The van der Waals surface area contributed by atoms with Crippen molar-refractivity contribution in [3.63, 3.8) is 0 Å². The molecule has 0 aliphatic rings. The standard InChI is InChI=1S/C9H9Cl2NO3S.K/c10-8-2-1-7(5-9(8)11)6-12-3-4-16(13,14)15;/h1-2,5-6H,3-4H2,(H,13,14,15);/q;+1/p-1. The van der Waals surface area contributed by atoms with Gasteiger partial charge in [0.15, 0.2) is 0 Å². The predicted molar refractivity (Wildman–Crippen MR) is 63.5 cm³/mol. The molecule has 1 rings (SSSR count). The molecule has 4 nitrogen and oxygen atoms in total. The van der Waals surface area contributed by atoms with E-state index in [2.05, 4.69) is 4.99 Å². The first-order valence-electron chi connectivity index (χ1n) is 4.27. The quantitative estimate of drug-likeness (QED) is 0.404. The second-order valence-corrected chi connectivity index (χ2v) is 5.31. The van der Waals surface area contributed by atoms with E-state index in [0.717, 1.165) is 0 Å². The Hall–Kier alpha value is 1.02. The molecule has 0 atom stereocenters. The molecule has 0 aromatic heterocycles. The molecule has 0 N–H and O–H groups in total. The molecule has 17 heavy (non-hydrogen) atoms. The Morgan fingerprint density at radius 1 is 1.29 bits per heavy atom. The molecular formula is C9H8Cl2KNO3S. The van der Waals surface area contributed by atoms with Crippen molar-refractivity contribution in [2.24, 2.45) is 4.99 Å². The molecule has 0 saturated heterocycles. The summed E-state index contributed by atoms with van der Waals surface area (Å²) in [6, 6.07) is 4.89. The van der Waals surface area contributed by atoms with Crippen LogP contribution < -0.4 is 51.4 Å². The zero-order valence-electron chi connectivity index (χ0n) is 9.06. The maximum Gasteiger partial charge on any atom is 1.00 e. The third kappa shape index (κ3) is 7.92. The van der Waals surface area contributed by atoms with E-state index >= 15 is 0 Å². The second kappa shape index (κ2) is 8.24. The number of hydrogen-bond donors (Lipinski definition) is 0. The minimum absolute atomic E-state index is 0. The Morgan fingerprint density at radius 2 is 1.94 bits per heavy atom. The average molecular weight is 320 g/mol. The molecule has 0 saturated carbocycles. The Balaban J connectivity index is 0.00000256. The van der Waals surface area contributed by atoms with Crippen LogP contribution in [0.4, 0.5) is 0 Å². The van der Waals surface area contributed by atoms with E-state index in [0.29, 0.717) is 15.6 Å². The van der Waals surface area contributed by atoms with E-state index in [1.807, 2.05) is 0 Å². The second-order valence-electron chi connectivity index (χ2n) is 2.97. The van der Waals surface area contributed by atoms with Crippen LogP contribution >= 0.6 is 23.2 Å². The number of aliphatic imine (C=N–C) groups is 1. The fraction of sp³-hybridized carbons (Fsp3) is 0.222. The van der Waals surface area contributed by atoms with E-state index in [4.69, 9.17) is 23.2 Å². The summed E-state index contributed by atoms with van der Waals surface area (Å²) in [4.78, 5) is 3.79. The Bertz CT molecular complexity index is 505. The SMILES string of the molecule is O=S(=O)([O-])CCN=Cc1ccc(Cl)c(Cl)c1.[K+]. The summed E-state index contributed by atoms with van der Waals surface area (Å²) < 4.78 is 30.8. The van der Waals surface area contributed by atoms with Gasteiger partial charge in [0, 0.05) is 6.21 Å². The van der Waals surface area contributed by atoms with Crippen molar-refractivity contribution in [1.82, 2.24) is 0 Å². The van der Waals surface area contributed by atoms with Gasteiger partial charge in [-0.2, -0.15) is 0 Å². The summed E-state index contributed by atoms with van der Waals surface area (Å²) in [6.45, 7) is -0.0634. The van der Waals surface area contributed by atoms with Gasteiger partial charge >= 0.3 is 51.4 Å². The zero-order chi connectivity index (χ0) is 12.2. The molecule has 88 valence electrons. The van der Waals surface area contributed by atoms with Crippen LogP contribution in [-0.4, -0.2) is 31.5 Å². The van der Waals surface area contributed by atoms with Gasteiger partial charge in [0.05, 0.1) is 32.5 Å². The molecule has 1 aromatic rings. The van der Waals surface area contributed by atoms with Crippen LogP contribution in [0.1, 0.15) is 5.56 Å². The normalized spacial score (nSPS) is 11.5. The van der Waals surface area contributed by atoms with E-state index in [1.54, 1.807) is 18.2 Å². The predicted octanol–water partition coefficient (Wildman–Crippen LogP) is -1.04.